The van der Waals surface area contributed by atoms with Gasteiger partial charge in [-0.25, -0.2) is 0 Å². The van der Waals surface area contributed by atoms with Crippen LogP contribution < -0.4 is 9.47 Å². The summed E-state index contributed by atoms with van der Waals surface area (Å²) in [6.07, 6.45) is 0. The molecule has 0 unspecified atom stereocenters. The van der Waals surface area contributed by atoms with E-state index in [1.165, 1.54) is 0 Å². The maximum Gasteiger partial charge on any atom is 0.143 e. The Kier molecular flexibility index (Phi) is 3.90. The van der Waals surface area contributed by atoms with Crippen LogP contribution in [-0.2, 0) is 6.54 Å². The fourth-order valence-electron chi connectivity index (χ4n) is 1.63. The van der Waals surface area contributed by atoms with Crippen LogP contribution in [0.25, 0.3) is 21.7 Å². The molecule has 0 saturated carbocycles. The molecule has 7 nitrogen and oxygen atoms in total. The van der Waals surface area contributed by atoms with Gasteiger partial charge in [0, 0.05) is 16.5 Å². The van der Waals surface area contributed by atoms with Gasteiger partial charge in [0.05, 0.1) is 20.8 Å². The molecule has 2 aromatic rings. The molecule has 0 spiro atoms. The molecule has 1 aromatic carbocycles. The standard InChI is InChI=1S/C12H12N4O3/c1-17-8-3-4-12(18-2)10(5-8)11-6-9(19-15-11)7-14-16-13/h3-6H,7H2,1-2H3. The molecular weight excluding hydrogens is 248 g/mol. The molecule has 0 aliphatic carbocycles. The van der Waals surface area contributed by atoms with E-state index in [1.807, 2.05) is 0 Å². The molecule has 0 saturated heterocycles. The summed E-state index contributed by atoms with van der Waals surface area (Å²) in [6, 6.07) is 7.08. The van der Waals surface area contributed by atoms with Gasteiger partial charge in [0.2, 0.25) is 0 Å². The highest BCUT2D eigenvalue weighted by molar-refractivity contribution is 5.68. The lowest BCUT2D eigenvalue weighted by Crippen LogP contribution is -1.90. The molecule has 1 aromatic heterocycles. The Morgan fingerprint density at radius 2 is 2.16 bits per heavy atom. The van der Waals surface area contributed by atoms with Crippen LogP contribution in [0.2, 0.25) is 0 Å². The number of nitrogens with zero attached hydrogens (tertiary/aromatic N) is 4. The van der Waals surface area contributed by atoms with Gasteiger partial charge in [-0.2, -0.15) is 0 Å². The minimum absolute atomic E-state index is 0.121. The number of aromatic nitrogens is 1. The minimum Gasteiger partial charge on any atom is -0.497 e. The first-order valence-electron chi connectivity index (χ1n) is 5.47. The Morgan fingerprint density at radius 1 is 1.32 bits per heavy atom. The van der Waals surface area contributed by atoms with E-state index in [1.54, 1.807) is 38.5 Å². The molecule has 0 amide bonds. The second-order valence-electron chi connectivity index (χ2n) is 3.63. The van der Waals surface area contributed by atoms with E-state index in [9.17, 15) is 0 Å². The molecule has 98 valence electrons. The van der Waals surface area contributed by atoms with Crippen LogP contribution in [0.15, 0.2) is 33.9 Å². The maximum absolute atomic E-state index is 8.26. The van der Waals surface area contributed by atoms with Crippen molar-refractivity contribution in [3.05, 3.63) is 40.5 Å². The van der Waals surface area contributed by atoms with E-state index >= 15 is 0 Å². The molecule has 0 fully saturated rings. The third kappa shape index (κ3) is 2.78. The third-order valence-electron chi connectivity index (χ3n) is 2.53. The Hall–Kier alpha value is -2.66. The number of methoxy groups -OCH3 is 2. The topological polar surface area (TPSA) is 93.2 Å². The van der Waals surface area contributed by atoms with E-state index in [-0.39, 0.29) is 6.54 Å². The van der Waals surface area contributed by atoms with Crippen molar-refractivity contribution in [3.63, 3.8) is 0 Å². The summed E-state index contributed by atoms with van der Waals surface area (Å²) in [5.41, 5.74) is 9.61. The first-order chi connectivity index (χ1) is 9.28. The summed E-state index contributed by atoms with van der Waals surface area (Å²) < 4.78 is 15.5. The van der Waals surface area contributed by atoms with Gasteiger partial charge in [0.25, 0.3) is 0 Å². The molecule has 1 heterocycles. The van der Waals surface area contributed by atoms with Crippen molar-refractivity contribution in [1.29, 1.82) is 0 Å². The zero-order valence-electron chi connectivity index (χ0n) is 10.5. The Morgan fingerprint density at radius 3 is 2.84 bits per heavy atom. The monoisotopic (exact) mass is 260 g/mol. The first kappa shape index (κ1) is 12.8. The van der Waals surface area contributed by atoms with E-state index < -0.39 is 0 Å². The normalized spacial score (nSPS) is 9.79. The Balaban J connectivity index is 2.39. The molecule has 0 N–H and O–H groups in total. The van der Waals surface area contributed by atoms with Crippen molar-refractivity contribution in [2.75, 3.05) is 14.2 Å². The van der Waals surface area contributed by atoms with E-state index in [0.29, 0.717) is 23.0 Å². The van der Waals surface area contributed by atoms with E-state index in [4.69, 9.17) is 19.5 Å². The van der Waals surface area contributed by atoms with E-state index in [0.717, 1.165) is 5.56 Å². The first-order valence-corrected chi connectivity index (χ1v) is 5.47. The predicted molar refractivity (Wildman–Crippen MR) is 67.9 cm³/mol. The SMILES string of the molecule is COc1ccc(OC)c(-c2cc(CN=[N+]=[N-])on2)c1. The lowest BCUT2D eigenvalue weighted by Gasteiger charge is -2.07. The maximum atomic E-state index is 8.26. The highest BCUT2D eigenvalue weighted by Crippen LogP contribution is 2.33. The van der Waals surface area contributed by atoms with Crippen LogP contribution in [0.5, 0.6) is 11.5 Å². The number of azide groups is 1. The fourth-order valence-corrected chi connectivity index (χ4v) is 1.63. The van der Waals surface area contributed by atoms with Gasteiger partial charge in [0.15, 0.2) is 0 Å². The minimum atomic E-state index is 0.121. The van der Waals surface area contributed by atoms with Crippen molar-refractivity contribution in [3.8, 4) is 22.8 Å². The summed E-state index contributed by atoms with van der Waals surface area (Å²) >= 11 is 0. The van der Waals surface area contributed by atoms with Crippen molar-refractivity contribution < 1.29 is 14.0 Å². The van der Waals surface area contributed by atoms with Gasteiger partial charge in [-0.15, -0.1) is 0 Å². The Labute approximate surface area is 109 Å². The molecule has 19 heavy (non-hydrogen) atoms. The van der Waals surface area contributed by atoms with Crippen molar-refractivity contribution in [2.24, 2.45) is 5.11 Å². The highest BCUT2D eigenvalue weighted by atomic mass is 16.5. The molecule has 0 radical (unpaired) electrons. The van der Waals surface area contributed by atoms with Gasteiger partial charge in [-0.1, -0.05) is 10.3 Å². The predicted octanol–water partition coefficient (Wildman–Crippen LogP) is 3.17. The van der Waals surface area contributed by atoms with Gasteiger partial charge < -0.3 is 14.0 Å². The highest BCUT2D eigenvalue weighted by Gasteiger charge is 2.12. The van der Waals surface area contributed by atoms with Gasteiger partial charge in [0.1, 0.15) is 23.0 Å². The molecule has 0 aliphatic rings. The van der Waals surface area contributed by atoms with Crippen molar-refractivity contribution in [1.82, 2.24) is 5.16 Å². The largest absolute Gasteiger partial charge is 0.497 e. The van der Waals surface area contributed by atoms with Crippen LogP contribution in [0, 0.1) is 0 Å². The average molecular weight is 260 g/mol. The zero-order valence-corrected chi connectivity index (χ0v) is 10.5. The lowest BCUT2D eigenvalue weighted by molar-refractivity contribution is 0.385. The number of rotatable bonds is 5. The van der Waals surface area contributed by atoms with Crippen molar-refractivity contribution in [2.45, 2.75) is 6.54 Å². The molecule has 2 rings (SSSR count). The third-order valence-corrected chi connectivity index (χ3v) is 2.53. The number of benzene rings is 1. The lowest BCUT2D eigenvalue weighted by atomic mass is 10.1. The number of ether oxygens (including phenoxy) is 2. The van der Waals surface area contributed by atoms with E-state index in [2.05, 4.69) is 15.2 Å². The molecular formula is C12H12N4O3. The van der Waals surface area contributed by atoms with Crippen molar-refractivity contribution >= 4 is 0 Å². The Bertz CT molecular complexity index is 617. The fraction of sp³-hybridized carbons (Fsp3) is 0.250. The van der Waals surface area contributed by atoms with Crippen LogP contribution in [0.1, 0.15) is 5.76 Å². The molecule has 0 bridgehead atoms. The second-order valence-corrected chi connectivity index (χ2v) is 3.63. The van der Waals surface area contributed by atoms with Crippen LogP contribution >= 0.6 is 0 Å². The summed E-state index contributed by atoms with van der Waals surface area (Å²) in [7, 11) is 3.16. The second kappa shape index (κ2) is 5.79. The molecule has 0 atom stereocenters. The quantitative estimate of drug-likeness (QED) is 0.468. The van der Waals surface area contributed by atoms with Crippen LogP contribution in [0.4, 0.5) is 0 Å². The van der Waals surface area contributed by atoms with Gasteiger partial charge in [-0.05, 0) is 23.7 Å². The summed E-state index contributed by atoms with van der Waals surface area (Å²) in [4.78, 5) is 2.67. The summed E-state index contributed by atoms with van der Waals surface area (Å²) in [6.45, 7) is 0.121. The number of hydrogen-bond donors (Lipinski definition) is 0. The summed E-state index contributed by atoms with van der Waals surface area (Å²) in [5, 5.41) is 7.35. The van der Waals surface area contributed by atoms with Crippen LogP contribution in [0.3, 0.4) is 0 Å². The zero-order chi connectivity index (χ0) is 13.7. The average Bonchev–Trinajstić information content (AvgIpc) is 2.93. The smallest absolute Gasteiger partial charge is 0.143 e. The summed E-state index contributed by atoms with van der Waals surface area (Å²) in [5.74, 6) is 1.83. The van der Waals surface area contributed by atoms with Gasteiger partial charge >= 0.3 is 0 Å². The van der Waals surface area contributed by atoms with Gasteiger partial charge in [-0.3, -0.25) is 0 Å². The molecule has 0 aliphatic heterocycles. The van der Waals surface area contributed by atoms with Crippen LogP contribution in [-0.4, -0.2) is 19.4 Å². The molecule has 7 heteroatoms. The number of hydrogen-bond acceptors (Lipinski definition) is 5.